The predicted octanol–water partition coefficient (Wildman–Crippen LogP) is 3.62. The number of rotatable bonds is 7. The third kappa shape index (κ3) is 5.47. The molecule has 3 rings (SSSR count). The second kappa shape index (κ2) is 9.25. The van der Waals surface area contributed by atoms with E-state index in [1.807, 2.05) is 25.1 Å². The van der Waals surface area contributed by atoms with Crippen LogP contribution in [0, 0.1) is 6.92 Å². The van der Waals surface area contributed by atoms with Gasteiger partial charge in [0.2, 0.25) is 0 Å². The average Bonchev–Trinajstić information content (AvgIpc) is 3.28. The minimum absolute atomic E-state index is 0.404. The summed E-state index contributed by atoms with van der Waals surface area (Å²) >= 11 is 1.02. The molecule has 0 spiro atoms. The molecule has 10 heteroatoms. The zero-order valence-electron chi connectivity index (χ0n) is 16.3. The molecule has 0 atom stereocenters. The number of benzene rings is 1. The summed E-state index contributed by atoms with van der Waals surface area (Å²) in [6.45, 7) is 3.99. The van der Waals surface area contributed by atoms with Gasteiger partial charge < -0.3 is 15.2 Å². The Balaban J connectivity index is 1.41. The first-order valence-corrected chi connectivity index (χ1v) is 10.1. The van der Waals surface area contributed by atoms with Gasteiger partial charge in [-0.1, -0.05) is 12.1 Å². The first-order chi connectivity index (χ1) is 13.9. The summed E-state index contributed by atoms with van der Waals surface area (Å²) in [6, 6.07) is 8.05. The quantitative estimate of drug-likeness (QED) is 0.345. The zero-order valence-corrected chi connectivity index (χ0v) is 17.1. The summed E-state index contributed by atoms with van der Waals surface area (Å²) in [6.07, 6.45) is -3.11. The Morgan fingerprint density at radius 2 is 1.93 bits per heavy atom. The molecule has 0 bridgehead atoms. The van der Waals surface area contributed by atoms with Gasteiger partial charge in [-0.25, -0.2) is 9.97 Å². The molecule has 6 nitrogen and oxygen atoms in total. The molecule has 0 unspecified atom stereocenters. The number of thiazole rings is 1. The highest BCUT2D eigenvalue weighted by atomic mass is 32.1. The van der Waals surface area contributed by atoms with Crippen LogP contribution in [0.5, 0.6) is 0 Å². The Hall–Kier alpha value is -2.62. The lowest BCUT2D eigenvalue weighted by Crippen LogP contribution is -2.39. The van der Waals surface area contributed by atoms with Gasteiger partial charge in [-0.15, -0.1) is 11.3 Å². The summed E-state index contributed by atoms with van der Waals surface area (Å²) in [7, 11) is 1.66. The Kier molecular flexibility index (Phi) is 6.73. The number of nitrogens with zero attached hydrogens (tertiary/aromatic N) is 4. The molecule has 1 aromatic carbocycles. The van der Waals surface area contributed by atoms with E-state index in [0.717, 1.165) is 46.5 Å². The molecule has 156 valence electrons. The number of nitrogens with one attached hydrogen (secondary N) is 2. The smallest absolute Gasteiger partial charge is 0.356 e. The standard InChI is InChI=1S/C19H23F3N6S/c1-13-26-14-6-3-4-7-15(14)28(13)11-5-9-24-18(23-2)25-10-8-17-27-16(12-29-17)19(20,21)22/h3-4,6-7,12H,5,8-11H2,1-2H3,(H2,23,24,25). The van der Waals surface area contributed by atoms with Crippen molar-refractivity contribution < 1.29 is 13.2 Å². The molecular weight excluding hydrogens is 401 g/mol. The van der Waals surface area contributed by atoms with Crippen molar-refractivity contribution in [3.8, 4) is 0 Å². The SMILES string of the molecule is CN=C(NCCCn1c(C)nc2ccccc21)NCCc1nc(C(F)(F)F)cs1. The minimum atomic E-state index is -4.39. The van der Waals surface area contributed by atoms with Crippen LogP contribution in [-0.4, -0.2) is 40.6 Å². The number of hydrogen-bond acceptors (Lipinski definition) is 4. The lowest BCUT2D eigenvalue weighted by atomic mass is 10.3. The number of aromatic nitrogens is 3. The van der Waals surface area contributed by atoms with Crippen molar-refractivity contribution in [3.05, 3.63) is 46.2 Å². The van der Waals surface area contributed by atoms with Crippen LogP contribution in [-0.2, 0) is 19.1 Å². The molecule has 0 saturated heterocycles. The van der Waals surface area contributed by atoms with Crippen molar-refractivity contribution in [2.45, 2.75) is 32.5 Å². The van der Waals surface area contributed by atoms with Crippen molar-refractivity contribution in [2.75, 3.05) is 20.1 Å². The number of guanidine groups is 1. The molecule has 0 aliphatic heterocycles. The molecule has 0 aliphatic rings. The Morgan fingerprint density at radius 3 is 2.66 bits per heavy atom. The van der Waals surface area contributed by atoms with Gasteiger partial charge in [0.1, 0.15) is 5.82 Å². The van der Waals surface area contributed by atoms with Crippen molar-refractivity contribution in [2.24, 2.45) is 4.99 Å². The maximum absolute atomic E-state index is 12.6. The van der Waals surface area contributed by atoms with Gasteiger partial charge in [-0.3, -0.25) is 4.99 Å². The van der Waals surface area contributed by atoms with Gasteiger partial charge in [-0.05, 0) is 25.5 Å². The molecule has 2 aromatic heterocycles. The van der Waals surface area contributed by atoms with E-state index in [1.54, 1.807) is 7.05 Å². The van der Waals surface area contributed by atoms with Gasteiger partial charge in [0.05, 0.1) is 16.0 Å². The topological polar surface area (TPSA) is 67.1 Å². The highest BCUT2D eigenvalue weighted by Crippen LogP contribution is 2.30. The van der Waals surface area contributed by atoms with Crippen LogP contribution < -0.4 is 10.6 Å². The number of fused-ring (bicyclic) bond motifs is 1. The highest BCUT2D eigenvalue weighted by molar-refractivity contribution is 7.09. The van der Waals surface area contributed by atoms with Crippen LogP contribution in [0.3, 0.4) is 0 Å². The van der Waals surface area contributed by atoms with E-state index in [0.29, 0.717) is 30.5 Å². The molecule has 0 radical (unpaired) electrons. The lowest BCUT2D eigenvalue weighted by molar-refractivity contribution is -0.140. The largest absolute Gasteiger partial charge is 0.434 e. The van der Waals surface area contributed by atoms with Crippen LogP contribution >= 0.6 is 11.3 Å². The monoisotopic (exact) mass is 424 g/mol. The molecule has 2 N–H and O–H groups in total. The number of hydrogen-bond donors (Lipinski definition) is 2. The van der Waals surface area contributed by atoms with Gasteiger partial charge >= 0.3 is 6.18 Å². The summed E-state index contributed by atoms with van der Waals surface area (Å²) in [5.41, 5.74) is 1.28. The van der Waals surface area contributed by atoms with E-state index in [-0.39, 0.29) is 0 Å². The highest BCUT2D eigenvalue weighted by Gasteiger charge is 2.33. The molecule has 0 fully saturated rings. The number of para-hydroxylation sites is 2. The van der Waals surface area contributed by atoms with Gasteiger partial charge in [0, 0.05) is 38.5 Å². The first kappa shape index (κ1) is 21.1. The summed E-state index contributed by atoms with van der Waals surface area (Å²) in [4.78, 5) is 12.3. The minimum Gasteiger partial charge on any atom is -0.356 e. The second-order valence-electron chi connectivity index (χ2n) is 6.45. The Bertz CT molecular complexity index is 976. The van der Waals surface area contributed by atoms with Gasteiger partial charge in [0.25, 0.3) is 0 Å². The zero-order chi connectivity index (χ0) is 20.9. The maximum Gasteiger partial charge on any atom is 0.434 e. The molecule has 2 heterocycles. The first-order valence-electron chi connectivity index (χ1n) is 9.26. The Labute approximate surface area is 170 Å². The summed E-state index contributed by atoms with van der Waals surface area (Å²) in [5.74, 6) is 1.60. The van der Waals surface area contributed by atoms with Gasteiger partial charge in [-0.2, -0.15) is 13.2 Å². The van der Waals surface area contributed by atoms with Crippen LogP contribution in [0.15, 0.2) is 34.6 Å². The van der Waals surface area contributed by atoms with Crippen LogP contribution in [0.25, 0.3) is 11.0 Å². The third-order valence-corrected chi connectivity index (χ3v) is 5.30. The third-order valence-electron chi connectivity index (χ3n) is 4.39. The Morgan fingerprint density at radius 1 is 1.17 bits per heavy atom. The molecule has 29 heavy (non-hydrogen) atoms. The van der Waals surface area contributed by atoms with E-state index in [4.69, 9.17) is 0 Å². The number of halogens is 3. The lowest BCUT2D eigenvalue weighted by Gasteiger charge is -2.12. The molecule has 3 aromatic rings. The van der Waals surface area contributed by atoms with Crippen molar-refractivity contribution >= 4 is 28.3 Å². The number of aliphatic imine (C=N–C) groups is 1. The van der Waals surface area contributed by atoms with E-state index in [2.05, 4.69) is 36.2 Å². The van der Waals surface area contributed by atoms with E-state index < -0.39 is 11.9 Å². The fraction of sp³-hybridized carbons (Fsp3) is 0.421. The maximum atomic E-state index is 12.6. The van der Waals surface area contributed by atoms with Crippen LogP contribution in [0.2, 0.25) is 0 Å². The van der Waals surface area contributed by atoms with Crippen LogP contribution in [0.4, 0.5) is 13.2 Å². The van der Waals surface area contributed by atoms with Crippen molar-refractivity contribution in [1.82, 2.24) is 25.2 Å². The normalized spacial score (nSPS) is 12.5. The van der Waals surface area contributed by atoms with E-state index >= 15 is 0 Å². The summed E-state index contributed by atoms with van der Waals surface area (Å²) < 4.78 is 39.9. The molecule has 0 aliphatic carbocycles. The fourth-order valence-corrected chi connectivity index (χ4v) is 3.79. The number of aryl methyl sites for hydroxylation is 2. The predicted molar refractivity (Wildman–Crippen MR) is 109 cm³/mol. The van der Waals surface area contributed by atoms with Crippen LogP contribution in [0.1, 0.15) is 22.9 Å². The molecule has 0 amide bonds. The van der Waals surface area contributed by atoms with Crippen molar-refractivity contribution in [1.29, 1.82) is 0 Å². The fourth-order valence-electron chi connectivity index (χ4n) is 2.99. The number of alkyl halides is 3. The number of imidazole rings is 1. The van der Waals surface area contributed by atoms with E-state index in [9.17, 15) is 13.2 Å². The van der Waals surface area contributed by atoms with Gasteiger partial charge in [0.15, 0.2) is 11.7 Å². The molecule has 0 saturated carbocycles. The average molecular weight is 424 g/mol. The van der Waals surface area contributed by atoms with E-state index in [1.165, 1.54) is 0 Å². The molecular formula is C19H23F3N6S. The second-order valence-corrected chi connectivity index (χ2v) is 7.40. The van der Waals surface area contributed by atoms with Crippen molar-refractivity contribution in [3.63, 3.8) is 0 Å². The summed E-state index contributed by atoms with van der Waals surface area (Å²) in [5, 5.41) is 7.82.